The van der Waals surface area contributed by atoms with Crippen LogP contribution in [0.4, 0.5) is 0 Å². The fourth-order valence-corrected chi connectivity index (χ4v) is 8.43. The molecule has 0 unspecified atom stereocenters. The average Bonchev–Trinajstić information content (AvgIpc) is 2.63. The molecule has 140 valence electrons. The molecule has 4 nitrogen and oxygen atoms in total. The minimum atomic E-state index is -3.73. The molecule has 26 heavy (non-hydrogen) atoms. The van der Waals surface area contributed by atoms with Gasteiger partial charge in [-0.15, -0.1) is 0 Å². The van der Waals surface area contributed by atoms with Crippen molar-refractivity contribution < 1.29 is 19.1 Å². The predicted molar refractivity (Wildman–Crippen MR) is 108 cm³/mol. The number of ether oxygens (including phenoxy) is 2. The Balaban J connectivity index is 2.70. The summed E-state index contributed by atoms with van der Waals surface area (Å²) in [6, 6.07) is 18.7. The van der Waals surface area contributed by atoms with Crippen LogP contribution in [0.2, 0.25) is 0 Å². The summed E-state index contributed by atoms with van der Waals surface area (Å²) in [4.78, 5) is 25.0. The molecule has 2 aromatic carbocycles. The van der Waals surface area contributed by atoms with Gasteiger partial charge in [0.05, 0.1) is 0 Å². The number of hydrogen-bond donors (Lipinski definition) is 0. The zero-order valence-electron chi connectivity index (χ0n) is 15.1. The Morgan fingerprint density at radius 3 is 1.42 bits per heavy atom. The molecule has 0 saturated heterocycles. The second-order valence-electron chi connectivity index (χ2n) is 5.97. The van der Waals surface area contributed by atoms with Crippen molar-refractivity contribution in [3.63, 3.8) is 0 Å². The summed E-state index contributed by atoms with van der Waals surface area (Å²) in [7, 11) is 0. The van der Waals surface area contributed by atoms with E-state index < -0.39 is 17.9 Å². The third-order valence-corrected chi connectivity index (χ3v) is 10.9. The van der Waals surface area contributed by atoms with Crippen molar-refractivity contribution in [2.24, 2.45) is 0 Å². The van der Waals surface area contributed by atoms with E-state index in [0.29, 0.717) is 0 Å². The van der Waals surface area contributed by atoms with Gasteiger partial charge in [-0.25, -0.2) is 0 Å². The number of carbonyl (C=O) groups is 2. The van der Waals surface area contributed by atoms with Crippen molar-refractivity contribution in [2.45, 2.75) is 13.8 Å². The molecule has 0 radical (unpaired) electrons. The SMILES string of the molecule is CCOC(=O)CP(Cl)(CC(=O)OCC)(c1ccccc1)c1ccccc1. The Labute approximate surface area is 159 Å². The predicted octanol–water partition coefficient (Wildman–Crippen LogP) is 3.47. The van der Waals surface area contributed by atoms with E-state index in [1.54, 1.807) is 13.8 Å². The summed E-state index contributed by atoms with van der Waals surface area (Å²) >= 11 is 7.44. The summed E-state index contributed by atoms with van der Waals surface area (Å²) in [5, 5.41) is 1.54. The van der Waals surface area contributed by atoms with E-state index in [0.717, 1.165) is 10.6 Å². The second kappa shape index (κ2) is 8.66. The third-order valence-electron chi connectivity index (χ3n) is 4.22. The van der Waals surface area contributed by atoms with Gasteiger partial charge in [0.1, 0.15) is 0 Å². The van der Waals surface area contributed by atoms with Gasteiger partial charge in [0.2, 0.25) is 0 Å². The number of halogens is 1. The molecule has 2 aromatic rings. The summed E-state index contributed by atoms with van der Waals surface area (Å²) in [5.74, 6) is -4.57. The fourth-order valence-electron chi connectivity index (χ4n) is 3.06. The molecule has 0 amide bonds. The van der Waals surface area contributed by atoms with Gasteiger partial charge in [-0.3, -0.25) is 0 Å². The summed E-state index contributed by atoms with van der Waals surface area (Å²) in [6.45, 7) is 4.01. The summed E-state index contributed by atoms with van der Waals surface area (Å²) < 4.78 is 10.4. The molecule has 0 aliphatic rings. The molecule has 0 spiro atoms. The van der Waals surface area contributed by atoms with Crippen LogP contribution in [-0.4, -0.2) is 37.5 Å². The quantitative estimate of drug-likeness (QED) is 0.508. The molecule has 0 bridgehead atoms. The topological polar surface area (TPSA) is 52.6 Å². The molecule has 0 N–H and O–H groups in total. The third kappa shape index (κ3) is 4.25. The van der Waals surface area contributed by atoms with Crippen molar-refractivity contribution in [1.29, 1.82) is 0 Å². The maximum absolute atomic E-state index is 12.5. The minimum absolute atomic E-state index is 0.0617. The number of rotatable bonds is 8. The first-order valence-corrected chi connectivity index (χ1v) is 12.1. The van der Waals surface area contributed by atoms with Gasteiger partial charge in [-0.2, -0.15) is 0 Å². The van der Waals surface area contributed by atoms with Gasteiger partial charge < -0.3 is 0 Å². The van der Waals surface area contributed by atoms with Gasteiger partial charge in [-0.05, 0) is 0 Å². The van der Waals surface area contributed by atoms with E-state index in [4.69, 9.17) is 20.7 Å². The molecule has 0 saturated carbocycles. The fraction of sp³-hybridized carbons (Fsp3) is 0.300. The zero-order valence-corrected chi connectivity index (χ0v) is 16.7. The Bertz CT molecular complexity index is 685. The standard InChI is InChI=1S/C20H24ClO4P/c1-3-24-19(22)15-26(21,16-20(23)25-4-2,17-11-7-5-8-12-17)18-13-9-6-10-14-18/h5-14H,3-4,15-16H2,1-2H3. The van der Waals surface area contributed by atoms with E-state index in [-0.39, 0.29) is 25.5 Å². The summed E-state index contributed by atoms with van der Waals surface area (Å²) in [6.07, 6.45) is -0.123. The molecule has 2 rings (SSSR count). The molecule has 0 aromatic heterocycles. The molecule has 0 fully saturated rings. The van der Waals surface area contributed by atoms with Crippen LogP contribution >= 0.6 is 17.2 Å². The number of carbonyl (C=O) groups excluding carboxylic acids is 2. The van der Waals surface area contributed by atoms with E-state index in [9.17, 15) is 9.59 Å². The van der Waals surface area contributed by atoms with Gasteiger partial charge in [0.25, 0.3) is 0 Å². The van der Waals surface area contributed by atoms with Crippen LogP contribution in [0.5, 0.6) is 0 Å². The first-order chi connectivity index (χ1) is 12.4. The molecule has 6 heteroatoms. The van der Waals surface area contributed by atoms with Crippen LogP contribution in [0.1, 0.15) is 13.8 Å². The normalized spacial score (nSPS) is 12.7. The van der Waals surface area contributed by atoms with E-state index in [1.165, 1.54) is 0 Å². The summed E-state index contributed by atoms with van der Waals surface area (Å²) in [5.41, 5.74) is 0. The molecule has 0 atom stereocenters. The van der Waals surface area contributed by atoms with E-state index in [1.807, 2.05) is 60.7 Å². The van der Waals surface area contributed by atoms with Crippen molar-refractivity contribution in [3.05, 3.63) is 60.7 Å². The molecular weight excluding hydrogens is 371 g/mol. The van der Waals surface area contributed by atoms with Crippen molar-refractivity contribution in [1.82, 2.24) is 0 Å². The molecule has 0 heterocycles. The van der Waals surface area contributed by atoms with Crippen molar-refractivity contribution in [3.8, 4) is 0 Å². The Kier molecular flexibility index (Phi) is 6.80. The van der Waals surface area contributed by atoms with Gasteiger partial charge in [-0.1, -0.05) is 0 Å². The van der Waals surface area contributed by atoms with Crippen LogP contribution in [0.25, 0.3) is 0 Å². The van der Waals surface area contributed by atoms with Gasteiger partial charge in [0, 0.05) is 0 Å². The maximum atomic E-state index is 12.5. The van der Waals surface area contributed by atoms with E-state index in [2.05, 4.69) is 0 Å². The Morgan fingerprint density at radius 1 is 0.769 bits per heavy atom. The van der Waals surface area contributed by atoms with Crippen LogP contribution in [0.15, 0.2) is 60.7 Å². The first kappa shape index (κ1) is 20.4. The van der Waals surface area contributed by atoms with Crippen LogP contribution in [0.3, 0.4) is 0 Å². The van der Waals surface area contributed by atoms with E-state index >= 15 is 0 Å². The Morgan fingerprint density at radius 2 is 1.12 bits per heavy atom. The van der Waals surface area contributed by atoms with Gasteiger partial charge >= 0.3 is 159 Å². The number of esters is 2. The van der Waals surface area contributed by atoms with Crippen LogP contribution in [0, 0.1) is 0 Å². The van der Waals surface area contributed by atoms with Crippen LogP contribution < -0.4 is 10.6 Å². The average molecular weight is 395 g/mol. The molecule has 0 aliphatic heterocycles. The zero-order chi connectivity index (χ0) is 19.1. The first-order valence-electron chi connectivity index (χ1n) is 8.59. The van der Waals surface area contributed by atoms with Crippen molar-refractivity contribution >= 4 is 39.7 Å². The van der Waals surface area contributed by atoms with Gasteiger partial charge in [0.15, 0.2) is 0 Å². The Hall–Kier alpha value is -1.90. The number of benzene rings is 2. The van der Waals surface area contributed by atoms with Crippen LogP contribution in [-0.2, 0) is 19.1 Å². The van der Waals surface area contributed by atoms with Crippen molar-refractivity contribution in [2.75, 3.05) is 25.5 Å². The second-order valence-corrected chi connectivity index (χ2v) is 12.8. The number of hydrogen-bond acceptors (Lipinski definition) is 4. The monoisotopic (exact) mass is 394 g/mol. The molecule has 0 aliphatic carbocycles. The molecular formula is C20H24ClO4P.